The molecule has 0 saturated carbocycles. The Morgan fingerprint density at radius 3 is 2.53 bits per heavy atom. The number of hydrogen-bond acceptors (Lipinski definition) is 4. The highest BCUT2D eigenvalue weighted by Crippen LogP contribution is 2.35. The fraction of sp³-hybridized carbons (Fsp3) is 0.391. The number of nitrogens with one attached hydrogen (secondary N) is 1. The van der Waals surface area contributed by atoms with Crippen LogP contribution in [0.25, 0.3) is 0 Å². The van der Waals surface area contributed by atoms with Gasteiger partial charge in [-0.2, -0.15) is 0 Å². The van der Waals surface area contributed by atoms with Crippen LogP contribution in [-0.4, -0.2) is 50.4 Å². The highest BCUT2D eigenvalue weighted by Gasteiger charge is 2.35. The maximum atomic E-state index is 13.4. The summed E-state index contributed by atoms with van der Waals surface area (Å²) in [5, 5.41) is 2.88. The highest BCUT2D eigenvalue weighted by molar-refractivity contribution is 7.88. The van der Waals surface area contributed by atoms with Crippen molar-refractivity contribution >= 4 is 33.2 Å². The van der Waals surface area contributed by atoms with Gasteiger partial charge in [0, 0.05) is 36.6 Å². The number of benzene rings is 2. The molecule has 2 amide bonds. The third-order valence-electron chi connectivity index (χ3n) is 6.07. The summed E-state index contributed by atoms with van der Waals surface area (Å²) in [7, 11) is -3.34. The number of carbonyl (C=O) groups excluding carboxylic acids is 2. The van der Waals surface area contributed by atoms with Crippen molar-refractivity contribution in [3.05, 3.63) is 59.4 Å². The zero-order valence-electron chi connectivity index (χ0n) is 17.9. The number of sulfonamides is 1. The van der Waals surface area contributed by atoms with Crippen LogP contribution < -0.4 is 10.2 Å². The molecular formula is C23H26FN3O4S. The van der Waals surface area contributed by atoms with Crippen molar-refractivity contribution in [2.45, 2.75) is 25.7 Å². The third kappa shape index (κ3) is 4.68. The molecule has 9 heteroatoms. The number of nitrogens with zero attached hydrogens (tertiary/aromatic N) is 2. The van der Waals surface area contributed by atoms with Crippen LogP contribution in [-0.2, 0) is 21.2 Å². The van der Waals surface area contributed by atoms with Gasteiger partial charge in [0.2, 0.25) is 15.9 Å². The van der Waals surface area contributed by atoms with Crippen LogP contribution in [0, 0.1) is 11.7 Å². The van der Waals surface area contributed by atoms with Gasteiger partial charge in [-0.15, -0.1) is 0 Å². The number of hydrogen-bond donors (Lipinski definition) is 1. The summed E-state index contributed by atoms with van der Waals surface area (Å²) >= 11 is 0. The minimum absolute atomic E-state index is 0.0821. The SMILES string of the molecule is CS(=O)(=O)N1CCCC(C(=O)N2CCCc3c(NC(=O)c4ccc(F)cc4)cccc32)C1. The third-order valence-corrected chi connectivity index (χ3v) is 7.34. The molecule has 2 heterocycles. The fourth-order valence-electron chi connectivity index (χ4n) is 4.43. The summed E-state index contributed by atoms with van der Waals surface area (Å²) in [6, 6.07) is 10.8. The Kier molecular flexibility index (Phi) is 6.30. The maximum absolute atomic E-state index is 13.4. The van der Waals surface area contributed by atoms with Crippen molar-refractivity contribution < 1.29 is 22.4 Å². The predicted molar refractivity (Wildman–Crippen MR) is 121 cm³/mol. The second-order valence-corrected chi connectivity index (χ2v) is 10.3. The summed E-state index contributed by atoms with van der Waals surface area (Å²) in [5.74, 6) is -1.23. The van der Waals surface area contributed by atoms with E-state index in [1.54, 1.807) is 17.0 Å². The Morgan fingerprint density at radius 2 is 1.81 bits per heavy atom. The van der Waals surface area contributed by atoms with Crippen LogP contribution >= 0.6 is 0 Å². The van der Waals surface area contributed by atoms with Gasteiger partial charge in [0.05, 0.1) is 12.2 Å². The van der Waals surface area contributed by atoms with Gasteiger partial charge >= 0.3 is 0 Å². The smallest absolute Gasteiger partial charge is 0.255 e. The Labute approximate surface area is 187 Å². The minimum atomic E-state index is -3.34. The van der Waals surface area contributed by atoms with Crippen LogP contribution in [0.2, 0.25) is 0 Å². The van der Waals surface area contributed by atoms with E-state index in [0.29, 0.717) is 43.6 Å². The quantitative estimate of drug-likeness (QED) is 0.762. The summed E-state index contributed by atoms with van der Waals surface area (Å²) in [6.45, 7) is 1.19. The number of anilines is 2. The number of piperidine rings is 1. The first-order valence-electron chi connectivity index (χ1n) is 10.7. The minimum Gasteiger partial charge on any atom is -0.322 e. The number of carbonyl (C=O) groups is 2. The van der Waals surface area contributed by atoms with Gasteiger partial charge in [0.25, 0.3) is 5.91 Å². The van der Waals surface area contributed by atoms with Crippen molar-refractivity contribution in [3.8, 4) is 0 Å². The van der Waals surface area contributed by atoms with Gasteiger partial charge < -0.3 is 10.2 Å². The Hall–Kier alpha value is -2.78. The van der Waals surface area contributed by atoms with E-state index in [0.717, 1.165) is 17.7 Å². The molecule has 0 aromatic heterocycles. The molecule has 1 unspecified atom stereocenters. The standard InChI is InChI=1S/C23H26FN3O4S/c1-32(30,31)26-13-3-5-17(15-26)23(29)27-14-4-6-19-20(7-2-8-21(19)27)25-22(28)16-9-11-18(24)12-10-16/h2,7-12,17H,3-6,13-15H2,1H3,(H,25,28). The summed E-state index contributed by atoms with van der Waals surface area (Å²) in [6.07, 6.45) is 3.92. The van der Waals surface area contributed by atoms with Crippen molar-refractivity contribution in [3.63, 3.8) is 0 Å². The molecule has 2 aromatic carbocycles. The van der Waals surface area contributed by atoms with E-state index in [9.17, 15) is 22.4 Å². The molecule has 0 aliphatic carbocycles. The molecule has 2 aliphatic rings. The number of amides is 2. The second kappa shape index (κ2) is 8.99. The van der Waals surface area contributed by atoms with E-state index >= 15 is 0 Å². The van der Waals surface area contributed by atoms with E-state index in [-0.39, 0.29) is 24.3 Å². The fourth-order valence-corrected chi connectivity index (χ4v) is 5.34. The Bertz CT molecular complexity index is 1130. The lowest BCUT2D eigenvalue weighted by Crippen LogP contribution is -2.47. The number of fused-ring (bicyclic) bond motifs is 1. The predicted octanol–water partition coefficient (Wildman–Crippen LogP) is 3.03. The first-order valence-corrected chi connectivity index (χ1v) is 12.5. The molecule has 1 atom stereocenters. The van der Waals surface area contributed by atoms with Crippen molar-refractivity contribution in [2.75, 3.05) is 36.1 Å². The van der Waals surface area contributed by atoms with Crippen LogP contribution in [0.5, 0.6) is 0 Å². The van der Waals surface area contributed by atoms with E-state index in [2.05, 4.69) is 5.32 Å². The summed E-state index contributed by atoms with van der Waals surface area (Å²) in [4.78, 5) is 27.7. The van der Waals surface area contributed by atoms with Gasteiger partial charge in [-0.05, 0) is 67.6 Å². The summed E-state index contributed by atoms with van der Waals surface area (Å²) in [5.41, 5.74) is 2.58. The van der Waals surface area contributed by atoms with Crippen LogP contribution in [0.3, 0.4) is 0 Å². The highest BCUT2D eigenvalue weighted by atomic mass is 32.2. The molecule has 1 fully saturated rings. The summed E-state index contributed by atoms with van der Waals surface area (Å²) < 4.78 is 38.4. The number of rotatable bonds is 4. The first kappa shape index (κ1) is 22.4. The molecule has 4 rings (SSSR count). The number of halogens is 1. The Morgan fingerprint density at radius 1 is 1.06 bits per heavy atom. The van der Waals surface area contributed by atoms with E-state index in [4.69, 9.17) is 0 Å². The van der Waals surface area contributed by atoms with Gasteiger partial charge in [0.1, 0.15) is 5.82 Å². The average Bonchev–Trinajstić information content (AvgIpc) is 2.78. The average molecular weight is 460 g/mol. The lowest BCUT2D eigenvalue weighted by molar-refractivity contribution is -0.123. The largest absolute Gasteiger partial charge is 0.322 e. The van der Waals surface area contributed by atoms with Crippen molar-refractivity contribution in [2.24, 2.45) is 5.92 Å². The molecular weight excluding hydrogens is 433 g/mol. The normalized spacial score (nSPS) is 19.3. The second-order valence-electron chi connectivity index (χ2n) is 8.32. The van der Waals surface area contributed by atoms with Crippen molar-refractivity contribution in [1.82, 2.24) is 4.31 Å². The van der Waals surface area contributed by atoms with Gasteiger partial charge in [-0.25, -0.2) is 17.1 Å². The van der Waals surface area contributed by atoms with E-state index in [1.807, 2.05) is 6.07 Å². The van der Waals surface area contributed by atoms with Crippen LogP contribution in [0.4, 0.5) is 15.8 Å². The molecule has 1 saturated heterocycles. The maximum Gasteiger partial charge on any atom is 0.255 e. The lowest BCUT2D eigenvalue weighted by Gasteiger charge is -2.36. The molecule has 0 radical (unpaired) electrons. The Balaban J connectivity index is 1.56. The molecule has 0 bridgehead atoms. The van der Waals surface area contributed by atoms with Gasteiger partial charge in [-0.3, -0.25) is 9.59 Å². The van der Waals surface area contributed by atoms with Gasteiger partial charge in [-0.1, -0.05) is 6.07 Å². The van der Waals surface area contributed by atoms with Crippen LogP contribution in [0.1, 0.15) is 35.2 Å². The molecule has 170 valence electrons. The molecule has 1 N–H and O–H groups in total. The molecule has 32 heavy (non-hydrogen) atoms. The van der Waals surface area contributed by atoms with E-state index < -0.39 is 15.8 Å². The van der Waals surface area contributed by atoms with E-state index in [1.165, 1.54) is 34.8 Å². The monoisotopic (exact) mass is 459 g/mol. The zero-order chi connectivity index (χ0) is 22.9. The lowest BCUT2D eigenvalue weighted by atomic mass is 9.94. The molecule has 0 spiro atoms. The molecule has 7 nitrogen and oxygen atoms in total. The molecule has 2 aromatic rings. The van der Waals surface area contributed by atoms with Gasteiger partial charge in [0.15, 0.2) is 0 Å². The van der Waals surface area contributed by atoms with Crippen LogP contribution in [0.15, 0.2) is 42.5 Å². The molecule has 2 aliphatic heterocycles. The first-order chi connectivity index (χ1) is 15.2. The van der Waals surface area contributed by atoms with Crippen molar-refractivity contribution in [1.29, 1.82) is 0 Å². The topological polar surface area (TPSA) is 86.8 Å². The zero-order valence-corrected chi connectivity index (χ0v) is 18.7.